The van der Waals surface area contributed by atoms with Crippen molar-refractivity contribution < 1.29 is 18.8 Å². The maximum Gasteiger partial charge on any atom is 0.413 e. The molecule has 0 saturated carbocycles. The van der Waals surface area contributed by atoms with Gasteiger partial charge in [-0.25, -0.2) is 9.78 Å². The molecule has 0 aliphatic rings. The highest BCUT2D eigenvalue weighted by Crippen LogP contribution is 2.23. The van der Waals surface area contributed by atoms with Crippen LogP contribution in [0.5, 0.6) is 11.6 Å². The van der Waals surface area contributed by atoms with Crippen LogP contribution < -0.4 is 26.2 Å². The number of alkyl carbamates (subject to hydrolysis) is 1. The van der Waals surface area contributed by atoms with E-state index in [0.717, 1.165) is 5.56 Å². The summed E-state index contributed by atoms with van der Waals surface area (Å²) in [6, 6.07) is 15.7. The van der Waals surface area contributed by atoms with Gasteiger partial charge in [0.2, 0.25) is 11.9 Å². The van der Waals surface area contributed by atoms with Crippen molar-refractivity contribution in [1.29, 1.82) is 0 Å². The largest absolute Gasteiger partial charge is 0.450 e. The molecule has 2 aromatic carbocycles. The van der Waals surface area contributed by atoms with E-state index in [1.54, 1.807) is 49.4 Å². The van der Waals surface area contributed by atoms with Gasteiger partial charge < -0.3 is 24.6 Å². The van der Waals surface area contributed by atoms with Gasteiger partial charge in [-0.1, -0.05) is 23.7 Å². The highest BCUT2D eigenvalue weighted by Gasteiger charge is 2.15. The zero-order chi connectivity index (χ0) is 26.9. The molecule has 2 heterocycles. The summed E-state index contributed by atoms with van der Waals surface area (Å²) in [7, 11) is 1.46. The van der Waals surface area contributed by atoms with Crippen molar-refractivity contribution in [2.24, 2.45) is 4.99 Å². The van der Waals surface area contributed by atoms with Gasteiger partial charge in [0.25, 0.3) is 11.4 Å². The molecule has 0 aliphatic carbocycles. The molecule has 196 valence electrons. The number of aromatic nitrogens is 3. The number of rotatable bonds is 8. The first-order valence-corrected chi connectivity index (χ1v) is 11.8. The summed E-state index contributed by atoms with van der Waals surface area (Å²) in [5.74, 6) is 1.20. The lowest BCUT2D eigenvalue weighted by atomic mass is 10.2. The number of halogens is 1. The van der Waals surface area contributed by atoms with E-state index in [2.05, 4.69) is 31.1 Å². The van der Waals surface area contributed by atoms with Gasteiger partial charge in [0, 0.05) is 23.8 Å². The molecule has 38 heavy (non-hydrogen) atoms. The summed E-state index contributed by atoms with van der Waals surface area (Å²) in [5, 5.41) is 12.7. The number of hydrogen-bond donors (Lipinski definition) is 3. The first-order valence-electron chi connectivity index (χ1n) is 11.4. The minimum atomic E-state index is -0.704. The van der Waals surface area contributed by atoms with Crippen LogP contribution >= 0.6 is 11.6 Å². The number of ether oxygens (including phenoxy) is 2. The summed E-state index contributed by atoms with van der Waals surface area (Å²) in [6.45, 7) is 2.06. The zero-order valence-corrected chi connectivity index (χ0v) is 21.2. The van der Waals surface area contributed by atoms with Crippen molar-refractivity contribution in [3.8, 4) is 11.6 Å². The predicted octanol–water partition coefficient (Wildman–Crippen LogP) is 4.61. The Morgan fingerprint density at radius 2 is 1.89 bits per heavy atom. The van der Waals surface area contributed by atoms with Crippen molar-refractivity contribution >= 4 is 41.0 Å². The lowest BCUT2D eigenvalue weighted by Gasteiger charge is -2.16. The van der Waals surface area contributed by atoms with Crippen molar-refractivity contribution in [3.05, 3.63) is 88.0 Å². The summed E-state index contributed by atoms with van der Waals surface area (Å²) in [6.07, 6.45) is 2.06. The fourth-order valence-electron chi connectivity index (χ4n) is 3.24. The van der Waals surface area contributed by atoms with E-state index in [-0.39, 0.29) is 30.7 Å². The van der Waals surface area contributed by atoms with E-state index in [0.29, 0.717) is 22.3 Å². The number of carbonyl (C=O) groups excluding carboxylic acids is 1. The number of amides is 1. The van der Waals surface area contributed by atoms with Gasteiger partial charge in [-0.3, -0.25) is 19.7 Å². The fourth-order valence-corrected chi connectivity index (χ4v) is 3.37. The molecule has 2 aromatic heterocycles. The van der Waals surface area contributed by atoms with Crippen molar-refractivity contribution in [1.82, 2.24) is 20.0 Å². The Balaban J connectivity index is 1.60. The number of benzene rings is 2. The molecule has 1 amide bonds. The highest BCUT2D eigenvalue weighted by atomic mass is 35.5. The molecule has 4 rings (SSSR count). The van der Waals surface area contributed by atoms with E-state index in [1.165, 1.54) is 24.1 Å². The van der Waals surface area contributed by atoms with E-state index < -0.39 is 11.7 Å². The van der Waals surface area contributed by atoms with Crippen LogP contribution in [0.1, 0.15) is 12.5 Å². The maximum atomic E-state index is 13.5. The molecule has 0 unspecified atom stereocenters. The first-order chi connectivity index (χ1) is 18.4. The second kappa shape index (κ2) is 12.4. The Labute approximate surface area is 222 Å². The fraction of sp³-hybridized carbons (Fsp3) is 0.160. The van der Waals surface area contributed by atoms with Gasteiger partial charge in [-0.15, -0.1) is 0 Å². The SMILES string of the molecule is CCOC(=O)NC(=NC)Nc1cnc(Nc2ccc(Oc3ccon3)cc2)n(Cc2ccc(Cl)cc2)c1=O. The molecule has 0 aliphatic heterocycles. The average Bonchev–Trinajstić information content (AvgIpc) is 3.42. The lowest BCUT2D eigenvalue weighted by molar-refractivity contribution is 0.158. The number of hydrogen-bond acceptors (Lipinski definition) is 9. The van der Waals surface area contributed by atoms with Gasteiger partial charge in [-0.05, 0) is 54.0 Å². The number of guanidine groups is 1. The molecule has 4 aromatic rings. The maximum absolute atomic E-state index is 13.5. The van der Waals surface area contributed by atoms with Crippen LogP contribution in [0.15, 0.2) is 81.4 Å². The molecule has 0 atom stereocenters. The second-order valence-corrected chi connectivity index (χ2v) is 8.08. The van der Waals surface area contributed by atoms with Crippen LogP contribution in [0.25, 0.3) is 0 Å². The van der Waals surface area contributed by atoms with Gasteiger partial charge in [0.05, 0.1) is 19.3 Å². The minimum Gasteiger partial charge on any atom is -0.450 e. The van der Waals surface area contributed by atoms with E-state index in [4.69, 9.17) is 25.6 Å². The Morgan fingerprint density at radius 3 is 2.55 bits per heavy atom. The van der Waals surface area contributed by atoms with Crippen LogP contribution in [0.4, 0.5) is 22.1 Å². The van der Waals surface area contributed by atoms with Crippen LogP contribution in [0.2, 0.25) is 5.02 Å². The number of nitrogens with one attached hydrogen (secondary N) is 3. The third-order valence-corrected chi connectivity index (χ3v) is 5.27. The van der Waals surface area contributed by atoms with Crippen LogP contribution in [-0.4, -0.2) is 40.4 Å². The third kappa shape index (κ3) is 6.89. The number of anilines is 3. The minimum absolute atomic E-state index is 0.0313. The van der Waals surface area contributed by atoms with Crippen molar-refractivity contribution in [3.63, 3.8) is 0 Å². The van der Waals surface area contributed by atoms with Crippen molar-refractivity contribution in [2.75, 3.05) is 24.3 Å². The molecule has 13 heteroatoms. The third-order valence-electron chi connectivity index (χ3n) is 5.02. The summed E-state index contributed by atoms with van der Waals surface area (Å²) in [5.41, 5.74) is 1.17. The Hall–Kier alpha value is -4.84. The molecule has 0 fully saturated rings. The number of aliphatic imine (C=N–C) groups is 1. The van der Waals surface area contributed by atoms with Crippen LogP contribution in [0, 0.1) is 0 Å². The first kappa shape index (κ1) is 26.2. The molecular weight excluding hydrogens is 514 g/mol. The Bertz CT molecular complexity index is 1450. The molecule has 0 bridgehead atoms. The van der Waals surface area contributed by atoms with Gasteiger partial charge >= 0.3 is 6.09 Å². The predicted molar refractivity (Wildman–Crippen MR) is 142 cm³/mol. The molecule has 3 N–H and O–H groups in total. The zero-order valence-electron chi connectivity index (χ0n) is 20.5. The van der Waals surface area contributed by atoms with Gasteiger partial charge in [-0.2, -0.15) is 0 Å². The smallest absolute Gasteiger partial charge is 0.413 e. The van der Waals surface area contributed by atoms with E-state index in [1.807, 2.05) is 12.1 Å². The summed E-state index contributed by atoms with van der Waals surface area (Å²) in [4.78, 5) is 33.7. The Kier molecular flexibility index (Phi) is 8.57. The second-order valence-electron chi connectivity index (χ2n) is 7.65. The molecule has 12 nitrogen and oxygen atoms in total. The number of carbonyl (C=O) groups is 1. The lowest BCUT2D eigenvalue weighted by Crippen LogP contribution is -2.38. The highest BCUT2D eigenvalue weighted by molar-refractivity contribution is 6.30. The normalized spacial score (nSPS) is 11.1. The molecule has 0 radical (unpaired) electrons. The summed E-state index contributed by atoms with van der Waals surface area (Å²) >= 11 is 6.02. The van der Waals surface area contributed by atoms with E-state index in [9.17, 15) is 9.59 Å². The van der Waals surface area contributed by atoms with E-state index >= 15 is 0 Å². The van der Waals surface area contributed by atoms with Gasteiger partial charge in [0.15, 0.2) is 0 Å². The quantitative estimate of drug-likeness (QED) is 0.216. The van der Waals surface area contributed by atoms with Crippen molar-refractivity contribution in [2.45, 2.75) is 13.5 Å². The molecule has 0 spiro atoms. The van der Waals surface area contributed by atoms with Crippen LogP contribution in [0.3, 0.4) is 0 Å². The summed E-state index contributed by atoms with van der Waals surface area (Å²) < 4.78 is 16.7. The topological polar surface area (TPSA) is 145 Å². The van der Waals surface area contributed by atoms with Crippen LogP contribution in [-0.2, 0) is 11.3 Å². The molecule has 0 saturated heterocycles. The Morgan fingerprint density at radius 1 is 1.13 bits per heavy atom. The average molecular weight is 538 g/mol. The monoisotopic (exact) mass is 537 g/mol. The molecular formula is C25H24ClN7O5. The number of nitrogens with zero attached hydrogens (tertiary/aromatic N) is 4. The van der Waals surface area contributed by atoms with Gasteiger partial charge in [0.1, 0.15) is 17.7 Å². The standard InChI is InChI=1S/C25H24ClN7O5/c1-3-36-25(35)31-23(27-2)30-20-14-28-24(33(22(20)34)15-16-4-6-17(26)7-5-16)29-18-8-10-19(11-9-18)38-21-12-13-37-32-21/h4-14H,3,15H2,1-2H3,(H,28,29)(H2,27,30,31,35).